The molecule has 22 heavy (non-hydrogen) atoms. The van der Waals surface area contributed by atoms with Crippen molar-refractivity contribution in [2.45, 2.75) is 24.8 Å². The van der Waals surface area contributed by atoms with E-state index in [1.165, 1.54) is 18.2 Å². The van der Waals surface area contributed by atoms with Gasteiger partial charge < -0.3 is 15.4 Å². The summed E-state index contributed by atoms with van der Waals surface area (Å²) in [6.45, 7) is 0.0678. The summed E-state index contributed by atoms with van der Waals surface area (Å²) in [5, 5.41) is 5.22. The van der Waals surface area contributed by atoms with Gasteiger partial charge in [-0.2, -0.15) is 13.2 Å². The SMILES string of the molecule is O=C(NCCOc1ccccc1C(F)(F)F)[C@H]1C[C@H](F)CN1. The lowest BCUT2D eigenvalue weighted by Crippen LogP contribution is -2.41. The Kier molecular flexibility index (Phi) is 5.23. The van der Waals surface area contributed by atoms with E-state index in [9.17, 15) is 22.4 Å². The Morgan fingerprint density at radius 1 is 1.36 bits per heavy atom. The monoisotopic (exact) mass is 320 g/mol. The van der Waals surface area contributed by atoms with Crippen LogP contribution in [-0.2, 0) is 11.0 Å². The van der Waals surface area contributed by atoms with Crippen molar-refractivity contribution in [3.63, 3.8) is 0 Å². The topological polar surface area (TPSA) is 50.4 Å². The van der Waals surface area contributed by atoms with Gasteiger partial charge in [0.05, 0.1) is 18.2 Å². The van der Waals surface area contributed by atoms with Gasteiger partial charge in [0.2, 0.25) is 5.91 Å². The summed E-state index contributed by atoms with van der Waals surface area (Å²) < 4.78 is 56.2. The summed E-state index contributed by atoms with van der Waals surface area (Å²) >= 11 is 0. The van der Waals surface area contributed by atoms with Gasteiger partial charge in [-0.25, -0.2) is 4.39 Å². The molecule has 1 aromatic rings. The van der Waals surface area contributed by atoms with Crippen LogP contribution in [0.3, 0.4) is 0 Å². The average Bonchev–Trinajstić information content (AvgIpc) is 2.89. The summed E-state index contributed by atoms with van der Waals surface area (Å²) in [4.78, 5) is 11.7. The number of halogens is 4. The quantitative estimate of drug-likeness (QED) is 0.643. The first-order chi connectivity index (χ1) is 10.4. The molecule has 0 spiro atoms. The van der Waals surface area contributed by atoms with Crippen LogP contribution in [0.15, 0.2) is 24.3 Å². The van der Waals surface area contributed by atoms with Crippen molar-refractivity contribution in [3.8, 4) is 5.75 Å². The minimum atomic E-state index is -4.50. The summed E-state index contributed by atoms with van der Waals surface area (Å²) in [6, 6.07) is 4.26. The Balaban J connectivity index is 1.79. The number of ether oxygens (including phenoxy) is 1. The van der Waals surface area contributed by atoms with Crippen LogP contribution in [0.25, 0.3) is 0 Å². The lowest BCUT2D eigenvalue weighted by Gasteiger charge is -2.15. The molecule has 0 bridgehead atoms. The molecule has 1 aromatic carbocycles. The molecule has 8 heteroatoms. The Bertz CT molecular complexity index is 522. The summed E-state index contributed by atoms with van der Waals surface area (Å²) in [5.74, 6) is -0.667. The second-order valence-corrected chi connectivity index (χ2v) is 4.93. The number of hydrogen-bond donors (Lipinski definition) is 2. The molecular weight excluding hydrogens is 304 g/mol. The minimum Gasteiger partial charge on any atom is -0.491 e. The van der Waals surface area contributed by atoms with Crippen LogP contribution in [0, 0.1) is 0 Å². The molecule has 0 aromatic heterocycles. The molecule has 0 aliphatic carbocycles. The second-order valence-electron chi connectivity index (χ2n) is 4.93. The van der Waals surface area contributed by atoms with Crippen molar-refractivity contribution < 1.29 is 27.1 Å². The van der Waals surface area contributed by atoms with Crippen molar-refractivity contribution in [1.82, 2.24) is 10.6 Å². The molecular formula is C14H16F4N2O2. The van der Waals surface area contributed by atoms with Gasteiger partial charge in [-0.1, -0.05) is 12.1 Å². The van der Waals surface area contributed by atoms with E-state index in [2.05, 4.69) is 10.6 Å². The highest BCUT2D eigenvalue weighted by molar-refractivity contribution is 5.82. The fourth-order valence-electron chi connectivity index (χ4n) is 2.18. The van der Waals surface area contributed by atoms with Gasteiger partial charge in [0, 0.05) is 13.0 Å². The fraction of sp³-hybridized carbons (Fsp3) is 0.500. The van der Waals surface area contributed by atoms with Gasteiger partial charge in [0.15, 0.2) is 0 Å². The highest BCUT2D eigenvalue weighted by Gasteiger charge is 2.34. The van der Waals surface area contributed by atoms with Crippen molar-refractivity contribution >= 4 is 5.91 Å². The molecule has 0 saturated carbocycles. The summed E-state index contributed by atoms with van der Waals surface area (Å²) in [6.07, 6.45) is -5.45. The zero-order chi connectivity index (χ0) is 16.2. The Morgan fingerprint density at radius 3 is 2.73 bits per heavy atom. The molecule has 122 valence electrons. The summed E-state index contributed by atoms with van der Waals surface area (Å²) in [5.41, 5.74) is -0.862. The third-order valence-electron chi connectivity index (χ3n) is 3.25. The molecule has 1 amide bonds. The van der Waals surface area contributed by atoms with Crippen LogP contribution in [0.5, 0.6) is 5.75 Å². The second kappa shape index (κ2) is 6.95. The normalized spacial score (nSPS) is 21.6. The van der Waals surface area contributed by atoms with E-state index in [1.807, 2.05) is 0 Å². The van der Waals surface area contributed by atoms with E-state index >= 15 is 0 Å². The number of carbonyl (C=O) groups is 1. The zero-order valence-electron chi connectivity index (χ0n) is 11.6. The molecule has 2 rings (SSSR count). The largest absolute Gasteiger partial charge is 0.491 e. The molecule has 4 nitrogen and oxygen atoms in total. The van der Waals surface area contributed by atoms with Crippen LogP contribution in [0.1, 0.15) is 12.0 Å². The third kappa shape index (κ3) is 4.33. The maximum atomic E-state index is 12.9. The number of hydrogen-bond acceptors (Lipinski definition) is 3. The number of para-hydroxylation sites is 1. The summed E-state index contributed by atoms with van der Waals surface area (Å²) in [7, 11) is 0. The van der Waals surface area contributed by atoms with Gasteiger partial charge in [-0.15, -0.1) is 0 Å². The van der Waals surface area contributed by atoms with Crippen molar-refractivity contribution in [1.29, 1.82) is 0 Å². The van der Waals surface area contributed by atoms with Crippen molar-refractivity contribution in [2.75, 3.05) is 19.7 Å². The molecule has 1 saturated heterocycles. The number of rotatable bonds is 5. The Morgan fingerprint density at radius 2 is 2.09 bits per heavy atom. The fourth-order valence-corrected chi connectivity index (χ4v) is 2.18. The molecule has 1 aliphatic rings. The van der Waals surface area contributed by atoms with Gasteiger partial charge in [0.1, 0.15) is 18.5 Å². The zero-order valence-corrected chi connectivity index (χ0v) is 11.6. The van der Waals surface area contributed by atoms with Gasteiger partial charge in [0.25, 0.3) is 0 Å². The molecule has 1 fully saturated rings. The predicted octanol–water partition coefficient (Wildman–Crippen LogP) is 1.90. The molecule has 1 heterocycles. The first kappa shape index (κ1) is 16.5. The smallest absolute Gasteiger partial charge is 0.419 e. The number of alkyl halides is 4. The van der Waals surface area contributed by atoms with Crippen molar-refractivity contribution in [2.24, 2.45) is 0 Å². The van der Waals surface area contributed by atoms with Gasteiger partial charge in [-0.05, 0) is 12.1 Å². The lowest BCUT2D eigenvalue weighted by atomic mass is 10.2. The standard InChI is InChI=1S/C14H16F4N2O2/c15-9-7-11(20-8-9)13(21)19-5-6-22-12-4-2-1-3-10(12)14(16,17)18/h1-4,9,11,20H,5-8H2,(H,19,21)/t9-,11+/m0/s1. The first-order valence-electron chi connectivity index (χ1n) is 6.82. The van der Waals surface area contributed by atoms with E-state index < -0.39 is 24.0 Å². The maximum absolute atomic E-state index is 12.9. The van der Waals surface area contributed by atoms with Crippen LogP contribution in [0.2, 0.25) is 0 Å². The Labute approximate surface area is 124 Å². The van der Waals surface area contributed by atoms with E-state index in [4.69, 9.17) is 4.74 Å². The molecule has 1 aliphatic heterocycles. The van der Waals surface area contributed by atoms with E-state index in [0.29, 0.717) is 0 Å². The molecule has 0 unspecified atom stereocenters. The maximum Gasteiger partial charge on any atom is 0.419 e. The Hall–Kier alpha value is -1.83. The lowest BCUT2D eigenvalue weighted by molar-refractivity contribution is -0.139. The number of carbonyl (C=O) groups excluding carboxylic acids is 1. The van der Waals surface area contributed by atoms with Crippen LogP contribution in [-0.4, -0.2) is 37.8 Å². The van der Waals surface area contributed by atoms with Crippen LogP contribution < -0.4 is 15.4 Å². The number of nitrogens with one attached hydrogen (secondary N) is 2. The van der Waals surface area contributed by atoms with Crippen LogP contribution >= 0.6 is 0 Å². The molecule has 0 radical (unpaired) electrons. The van der Waals surface area contributed by atoms with E-state index in [0.717, 1.165) is 6.07 Å². The highest BCUT2D eigenvalue weighted by atomic mass is 19.4. The third-order valence-corrected chi connectivity index (χ3v) is 3.25. The average molecular weight is 320 g/mol. The number of benzene rings is 1. The minimum absolute atomic E-state index is 0.0418. The molecule has 2 N–H and O–H groups in total. The van der Waals surface area contributed by atoms with Crippen LogP contribution in [0.4, 0.5) is 17.6 Å². The molecule has 2 atom stereocenters. The van der Waals surface area contributed by atoms with Gasteiger partial charge in [-0.3, -0.25) is 4.79 Å². The highest BCUT2D eigenvalue weighted by Crippen LogP contribution is 2.35. The van der Waals surface area contributed by atoms with E-state index in [-0.39, 0.29) is 37.8 Å². The first-order valence-corrected chi connectivity index (χ1v) is 6.82. The van der Waals surface area contributed by atoms with Crippen molar-refractivity contribution in [3.05, 3.63) is 29.8 Å². The van der Waals surface area contributed by atoms with Gasteiger partial charge >= 0.3 is 6.18 Å². The van der Waals surface area contributed by atoms with E-state index in [1.54, 1.807) is 0 Å². The predicted molar refractivity (Wildman–Crippen MR) is 71.3 cm³/mol. The number of amides is 1.